The molecule has 3 rings (SSSR count). The number of ether oxygens (including phenoxy) is 2. The zero-order valence-corrected chi connectivity index (χ0v) is 18.0. The van der Waals surface area contributed by atoms with Crippen LogP contribution in [-0.2, 0) is 9.53 Å². The third-order valence-corrected chi connectivity index (χ3v) is 4.69. The van der Waals surface area contributed by atoms with Crippen molar-refractivity contribution in [2.75, 3.05) is 40.9 Å². The Morgan fingerprint density at radius 2 is 1.94 bits per heavy atom. The SMILES string of the molecule is COC(=O)c1cc(OCC(=O)NCCN(C)C)cc(-c2cccc3oc(C(F)F)cc23)c1. The number of nitrogens with one attached hydrogen (secondary N) is 1. The van der Waals surface area contributed by atoms with Gasteiger partial charge in [-0.05, 0) is 55.6 Å². The van der Waals surface area contributed by atoms with Crippen molar-refractivity contribution in [2.24, 2.45) is 0 Å². The van der Waals surface area contributed by atoms with E-state index in [1.54, 1.807) is 30.3 Å². The van der Waals surface area contributed by atoms with E-state index in [2.05, 4.69) is 5.32 Å². The second-order valence-electron chi connectivity index (χ2n) is 7.35. The highest BCUT2D eigenvalue weighted by atomic mass is 19.3. The summed E-state index contributed by atoms with van der Waals surface area (Å²) in [5, 5.41) is 3.21. The van der Waals surface area contributed by atoms with E-state index in [1.807, 2.05) is 19.0 Å². The van der Waals surface area contributed by atoms with E-state index in [0.29, 0.717) is 35.2 Å². The molecule has 0 saturated carbocycles. The van der Waals surface area contributed by atoms with Crippen LogP contribution >= 0.6 is 0 Å². The number of halogens is 2. The second-order valence-corrected chi connectivity index (χ2v) is 7.35. The zero-order chi connectivity index (χ0) is 23.3. The molecule has 0 fully saturated rings. The molecule has 0 spiro atoms. The molecule has 1 amide bonds. The minimum Gasteiger partial charge on any atom is -0.484 e. The van der Waals surface area contributed by atoms with Gasteiger partial charge >= 0.3 is 5.97 Å². The minimum atomic E-state index is -2.75. The van der Waals surface area contributed by atoms with Crippen LogP contribution in [0, 0.1) is 0 Å². The number of furan rings is 1. The second kappa shape index (κ2) is 10.2. The predicted molar refractivity (Wildman–Crippen MR) is 115 cm³/mol. The predicted octanol–water partition coefficient (Wildman–Crippen LogP) is 3.88. The van der Waals surface area contributed by atoms with E-state index in [1.165, 1.54) is 19.2 Å². The van der Waals surface area contributed by atoms with Crippen molar-refractivity contribution in [3.8, 4) is 16.9 Å². The van der Waals surface area contributed by atoms with Gasteiger partial charge in [-0.15, -0.1) is 0 Å². The lowest BCUT2D eigenvalue weighted by molar-refractivity contribution is -0.123. The van der Waals surface area contributed by atoms with Crippen LogP contribution in [0.1, 0.15) is 22.5 Å². The lowest BCUT2D eigenvalue weighted by atomic mass is 9.99. The largest absolute Gasteiger partial charge is 0.484 e. The highest BCUT2D eigenvalue weighted by Crippen LogP contribution is 2.36. The molecule has 9 heteroatoms. The van der Waals surface area contributed by atoms with E-state index in [4.69, 9.17) is 13.9 Å². The van der Waals surface area contributed by atoms with Crippen LogP contribution in [-0.4, -0.2) is 57.7 Å². The molecule has 1 aromatic heterocycles. The number of methoxy groups -OCH3 is 1. The third-order valence-electron chi connectivity index (χ3n) is 4.69. The van der Waals surface area contributed by atoms with Gasteiger partial charge in [0.25, 0.3) is 12.3 Å². The molecule has 7 nitrogen and oxygen atoms in total. The number of rotatable bonds is 9. The molecule has 3 aromatic rings. The lowest BCUT2D eigenvalue weighted by Crippen LogP contribution is -2.34. The Morgan fingerprint density at radius 1 is 1.16 bits per heavy atom. The molecule has 0 aliphatic carbocycles. The molecular formula is C23H24F2N2O5. The van der Waals surface area contributed by atoms with Gasteiger partial charge in [0.15, 0.2) is 12.4 Å². The molecule has 1 heterocycles. The van der Waals surface area contributed by atoms with E-state index in [0.717, 1.165) is 0 Å². The van der Waals surface area contributed by atoms with Crippen LogP contribution in [0.3, 0.4) is 0 Å². The van der Waals surface area contributed by atoms with E-state index in [-0.39, 0.29) is 23.8 Å². The highest BCUT2D eigenvalue weighted by molar-refractivity contribution is 5.97. The summed E-state index contributed by atoms with van der Waals surface area (Å²) in [5.41, 5.74) is 1.60. The van der Waals surface area contributed by atoms with Crippen LogP contribution in [0.25, 0.3) is 22.1 Å². The van der Waals surface area contributed by atoms with Crippen LogP contribution in [0.2, 0.25) is 0 Å². The molecule has 1 N–H and O–H groups in total. The minimum absolute atomic E-state index is 0.197. The van der Waals surface area contributed by atoms with Gasteiger partial charge in [0.05, 0.1) is 12.7 Å². The number of alkyl halides is 2. The molecule has 0 unspecified atom stereocenters. The molecular weight excluding hydrogens is 422 g/mol. The number of fused-ring (bicyclic) bond motifs is 1. The molecule has 0 atom stereocenters. The van der Waals surface area contributed by atoms with E-state index in [9.17, 15) is 18.4 Å². The summed E-state index contributed by atoms with van der Waals surface area (Å²) in [6.07, 6.45) is -2.75. The van der Waals surface area contributed by atoms with E-state index < -0.39 is 18.2 Å². The van der Waals surface area contributed by atoms with Crippen LogP contribution in [0.15, 0.2) is 46.9 Å². The van der Waals surface area contributed by atoms with Gasteiger partial charge in [-0.3, -0.25) is 4.79 Å². The maximum atomic E-state index is 13.1. The number of carbonyl (C=O) groups is 2. The van der Waals surface area contributed by atoms with Gasteiger partial charge in [-0.25, -0.2) is 13.6 Å². The van der Waals surface area contributed by atoms with Gasteiger partial charge in [-0.1, -0.05) is 12.1 Å². The first-order valence-electron chi connectivity index (χ1n) is 9.87. The summed E-state index contributed by atoms with van der Waals surface area (Å²) in [6.45, 7) is 0.906. The summed E-state index contributed by atoms with van der Waals surface area (Å²) < 4.78 is 41.9. The fourth-order valence-electron chi connectivity index (χ4n) is 3.13. The van der Waals surface area contributed by atoms with Gasteiger partial charge in [0.2, 0.25) is 0 Å². The molecule has 32 heavy (non-hydrogen) atoms. The van der Waals surface area contributed by atoms with E-state index >= 15 is 0 Å². The number of nitrogens with zero attached hydrogens (tertiary/aromatic N) is 1. The van der Waals surface area contributed by atoms with Crippen molar-refractivity contribution in [3.63, 3.8) is 0 Å². The molecule has 0 aliphatic heterocycles. The Kier molecular flexibility index (Phi) is 7.42. The third kappa shape index (κ3) is 5.61. The highest BCUT2D eigenvalue weighted by Gasteiger charge is 2.18. The molecule has 0 radical (unpaired) electrons. The van der Waals surface area contributed by atoms with Gasteiger partial charge in [0, 0.05) is 18.5 Å². The topological polar surface area (TPSA) is 81.0 Å². The molecule has 170 valence electrons. The van der Waals surface area contributed by atoms with Crippen LogP contribution in [0.4, 0.5) is 8.78 Å². The molecule has 0 saturated heterocycles. The Labute approximate surface area is 183 Å². The Bertz CT molecular complexity index is 1110. The van der Waals surface area contributed by atoms with Crippen molar-refractivity contribution in [1.82, 2.24) is 10.2 Å². The van der Waals surface area contributed by atoms with Gasteiger partial charge in [0.1, 0.15) is 11.3 Å². The molecule has 0 aliphatic rings. The van der Waals surface area contributed by atoms with Crippen molar-refractivity contribution in [2.45, 2.75) is 6.43 Å². The molecule has 0 bridgehead atoms. The quantitative estimate of drug-likeness (QED) is 0.503. The van der Waals surface area contributed by atoms with Crippen molar-refractivity contribution < 1.29 is 32.3 Å². The Morgan fingerprint density at radius 3 is 2.62 bits per heavy atom. The maximum absolute atomic E-state index is 13.1. The number of esters is 1. The zero-order valence-electron chi connectivity index (χ0n) is 18.0. The van der Waals surface area contributed by atoms with Crippen molar-refractivity contribution in [3.05, 3.63) is 53.8 Å². The summed E-state index contributed by atoms with van der Waals surface area (Å²) in [5.74, 6) is -1.09. The van der Waals surface area contributed by atoms with Crippen molar-refractivity contribution >= 4 is 22.8 Å². The average Bonchev–Trinajstić information content (AvgIpc) is 3.21. The summed E-state index contributed by atoms with van der Waals surface area (Å²) >= 11 is 0. The first-order valence-corrected chi connectivity index (χ1v) is 9.87. The van der Waals surface area contributed by atoms with Gasteiger partial charge < -0.3 is 24.1 Å². The first kappa shape index (κ1) is 23.2. The van der Waals surface area contributed by atoms with Gasteiger partial charge in [-0.2, -0.15) is 0 Å². The fraction of sp³-hybridized carbons (Fsp3) is 0.304. The lowest BCUT2D eigenvalue weighted by Gasteiger charge is -2.13. The number of likely N-dealkylation sites (N-methyl/N-ethyl adjacent to an activating group) is 1. The normalized spacial score (nSPS) is 11.2. The van der Waals surface area contributed by atoms with Crippen molar-refractivity contribution in [1.29, 1.82) is 0 Å². The number of benzene rings is 2. The summed E-state index contributed by atoms with van der Waals surface area (Å²) in [6, 6.07) is 10.9. The number of carbonyl (C=O) groups excluding carboxylic acids is 2. The Hall–Kier alpha value is -3.46. The number of amides is 1. The average molecular weight is 446 g/mol. The smallest absolute Gasteiger partial charge is 0.338 e. The fourth-order valence-corrected chi connectivity index (χ4v) is 3.13. The summed E-state index contributed by atoms with van der Waals surface area (Å²) in [4.78, 5) is 26.1. The van der Waals surface area contributed by atoms with Crippen LogP contribution in [0.5, 0.6) is 5.75 Å². The monoisotopic (exact) mass is 446 g/mol. The molecule has 2 aromatic carbocycles. The number of hydrogen-bond acceptors (Lipinski definition) is 6. The first-order chi connectivity index (χ1) is 15.3. The maximum Gasteiger partial charge on any atom is 0.338 e. The summed E-state index contributed by atoms with van der Waals surface area (Å²) in [7, 11) is 5.04. The number of hydrogen-bond donors (Lipinski definition) is 1. The Balaban J connectivity index is 1.91. The standard InChI is InChI=1S/C23H24F2N2O5/c1-27(2)8-7-26-21(28)13-31-16-10-14(9-15(11-16)23(29)30-3)17-5-4-6-19-18(17)12-20(32-19)22(24)25/h4-6,9-12,22H,7-8,13H2,1-3H3,(H,26,28). The van der Waals surface area contributed by atoms with Crippen LogP contribution < -0.4 is 10.1 Å².